The van der Waals surface area contributed by atoms with Crippen LogP contribution in [-0.4, -0.2) is 28.1 Å². The fourth-order valence-corrected chi connectivity index (χ4v) is 1.85. The van der Waals surface area contributed by atoms with Crippen LogP contribution in [0, 0.1) is 5.92 Å². The molecule has 0 heterocycles. The number of hydrogen-bond acceptors (Lipinski definition) is 2. The number of rotatable bonds is 5. The molecular formula is C15H23NO2. The molecule has 0 bridgehead atoms. The number of carbonyl (C=O) groups excluding carboxylic acids is 1. The maximum absolute atomic E-state index is 12.1. The van der Waals surface area contributed by atoms with Crippen molar-refractivity contribution in [1.29, 1.82) is 0 Å². The van der Waals surface area contributed by atoms with Crippen LogP contribution in [0.25, 0.3) is 0 Å². The first kappa shape index (κ1) is 14.7. The standard InChI is InChI=1S/C15H23NO2/c1-12(2)14(17)16(11-15(3,4)18)10-13-8-6-5-7-9-13/h5-9,12,18H,10-11H2,1-4H3. The lowest BCUT2D eigenvalue weighted by molar-refractivity contribution is -0.138. The van der Waals surface area contributed by atoms with E-state index in [2.05, 4.69) is 0 Å². The third-order valence-electron chi connectivity index (χ3n) is 2.60. The van der Waals surface area contributed by atoms with Gasteiger partial charge in [-0.05, 0) is 19.4 Å². The van der Waals surface area contributed by atoms with E-state index in [0.29, 0.717) is 13.1 Å². The Morgan fingerprint density at radius 2 is 1.83 bits per heavy atom. The Hall–Kier alpha value is -1.35. The monoisotopic (exact) mass is 249 g/mol. The quantitative estimate of drug-likeness (QED) is 0.870. The Kier molecular flexibility index (Phi) is 4.91. The minimum Gasteiger partial charge on any atom is -0.389 e. The second-order valence-corrected chi connectivity index (χ2v) is 5.65. The van der Waals surface area contributed by atoms with Crippen molar-refractivity contribution < 1.29 is 9.90 Å². The first-order valence-corrected chi connectivity index (χ1v) is 6.34. The molecule has 0 aliphatic heterocycles. The summed E-state index contributed by atoms with van der Waals surface area (Å²) in [6.07, 6.45) is 0. The smallest absolute Gasteiger partial charge is 0.225 e. The van der Waals surface area contributed by atoms with E-state index in [4.69, 9.17) is 0 Å². The lowest BCUT2D eigenvalue weighted by Gasteiger charge is -2.30. The highest BCUT2D eigenvalue weighted by Crippen LogP contribution is 2.13. The first-order chi connectivity index (χ1) is 8.29. The molecule has 0 spiro atoms. The predicted molar refractivity (Wildman–Crippen MR) is 73.0 cm³/mol. The van der Waals surface area contributed by atoms with Gasteiger partial charge in [0.15, 0.2) is 0 Å². The van der Waals surface area contributed by atoms with Gasteiger partial charge in [0, 0.05) is 19.0 Å². The van der Waals surface area contributed by atoms with E-state index in [1.165, 1.54) is 0 Å². The summed E-state index contributed by atoms with van der Waals surface area (Å²) < 4.78 is 0. The van der Waals surface area contributed by atoms with Gasteiger partial charge < -0.3 is 10.0 Å². The summed E-state index contributed by atoms with van der Waals surface area (Å²) in [5, 5.41) is 9.90. The zero-order valence-corrected chi connectivity index (χ0v) is 11.7. The number of aliphatic hydroxyl groups is 1. The van der Waals surface area contributed by atoms with Crippen LogP contribution in [0.2, 0.25) is 0 Å². The molecule has 1 aromatic rings. The topological polar surface area (TPSA) is 40.5 Å². The number of hydrogen-bond donors (Lipinski definition) is 1. The van der Waals surface area contributed by atoms with Crippen LogP contribution in [0.3, 0.4) is 0 Å². The third-order valence-corrected chi connectivity index (χ3v) is 2.60. The lowest BCUT2D eigenvalue weighted by Crippen LogP contribution is -2.43. The van der Waals surface area contributed by atoms with E-state index in [0.717, 1.165) is 5.56 Å². The van der Waals surface area contributed by atoms with Gasteiger partial charge in [0.25, 0.3) is 0 Å². The van der Waals surface area contributed by atoms with Crippen LogP contribution in [-0.2, 0) is 11.3 Å². The molecule has 3 nitrogen and oxygen atoms in total. The second-order valence-electron chi connectivity index (χ2n) is 5.65. The molecule has 0 aromatic heterocycles. The zero-order valence-electron chi connectivity index (χ0n) is 11.7. The molecule has 0 unspecified atom stereocenters. The van der Waals surface area contributed by atoms with Gasteiger partial charge in [-0.3, -0.25) is 4.79 Å². The highest BCUT2D eigenvalue weighted by atomic mass is 16.3. The Balaban J connectivity index is 2.81. The number of benzene rings is 1. The van der Waals surface area contributed by atoms with Crippen LogP contribution in [0.1, 0.15) is 33.3 Å². The number of amides is 1. The Labute approximate surface area is 109 Å². The predicted octanol–water partition coefficient (Wildman–Crippen LogP) is 2.44. The fraction of sp³-hybridized carbons (Fsp3) is 0.533. The highest BCUT2D eigenvalue weighted by Gasteiger charge is 2.24. The molecule has 18 heavy (non-hydrogen) atoms. The number of nitrogens with zero attached hydrogens (tertiary/aromatic N) is 1. The summed E-state index contributed by atoms with van der Waals surface area (Å²) in [5.74, 6) is 0.0111. The maximum atomic E-state index is 12.1. The van der Waals surface area contributed by atoms with Crippen molar-refractivity contribution in [3.8, 4) is 0 Å². The van der Waals surface area contributed by atoms with Crippen molar-refractivity contribution in [2.75, 3.05) is 6.54 Å². The minimum atomic E-state index is -0.876. The maximum Gasteiger partial charge on any atom is 0.225 e. The van der Waals surface area contributed by atoms with E-state index < -0.39 is 5.60 Å². The van der Waals surface area contributed by atoms with Gasteiger partial charge in [-0.2, -0.15) is 0 Å². The molecule has 0 atom stereocenters. The van der Waals surface area contributed by atoms with Crippen molar-refractivity contribution in [3.05, 3.63) is 35.9 Å². The van der Waals surface area contributed by atoms with Crippen LogP contribution in [0.15, 0.2) is 30.3 Å². The largest absolute Gasteiger partial charge is 0.389 e. The minimum absolute atomic E-state index is 0.0592. The van der Waals surface area contributed by atoms with Crippen molar-refractivity contribution in [3.63, 3.8) is 0 Å². The summed E-state index contributed by atoms with van der Waals surface area (Å²) in [5.41, 5.74) is 0.204. The first-order valence-electron chi connectivity index (χ1n) is 6.34. The van der Waals surface area contributed by atoms with Crippen molar-refractivity contribution in [2.45, 2.75) is 39.8 Å². The SMILES string of the molecule is CC(C)C(=O)N(Cc1ccccc1)CC(C)(C)O. The van der Waals surface area contributed by atoms with Crippen LogP contribution >= 0.6 is 0 Å². The Morgan fingerprint density at radius 3 is 2.28 bits per heavy atom. The van der Waals surface area contributed by atoms with Gasteiger partial charge in [-0.1, -0.05) is 44.2 Å². The van der Waals surface area contributed by atoms with Crippen molar-refractivity contribution >= 4 is 5.91 Å². The molecule has 100 valence electrons. The van der Waals surface area contributed by atoms with E-state index in [1.807, 2.05) is 44.2 Å². The van der Waals surface area contributed by atoms with Crippen LogP contribution in [0.5, 0.6) is 0 Å². The average Bonchev–Trinajstić information content (AvgIpc) is 2.26. The Morgan fingerprint density at radius 1 is 1.28 bits per heavy atom. The normalized spacial score (nSPS) is 11.7. The summed E-state index contributed by atoms with van der Waals surface area (Å²) in [7, 11) is 0. The van der Waals surface area contributed by atoms with E-state index in [9.17, 15) is 9.90 Å². The molecule has 3 heteroatoms. The molecular weight excluding hydrogens is 226 g/mol. The van der Waals surface area contributed by atoms with Crippen LogP contribution < -0.4 is 0 Å². The summed E-state index contributed by atoms with van der Waals surface area (Å²) in [6, 6.07) is 9.85. The fourth-order valence-electron chi connectivity index (χ4n) is 1.85. The van der Waals surface area contributed by atoms with E-state index in [1.54, 1.807) is 18.7 Å². The molecule has 1 aromatic carbocycles. The van der Waals surface area contributed by atoms with Crippen molar-refractivity contribution in [2.24, 2.45) is 5.92 Å². The molecule has 0 saturated heterocycles. The molecule has 1 N–H and O–H groups in total. The van der Waals surface area contributed by atoms with Gasteiger partial charge in [0.05, 0.1) is 5.60 Å². The van der Waals surface area contributed by atoms with E-state index in [-0.39, 0.29) is 11.8 Å². The molecule has 0 aliphatic carbocycles. The summed E-state index contributed by atoms with van der Waals surface area (Å²) >= 11 is 0. The molecule has 0 saturated carbocycles. The summed E-state index contributed by atoms with van der Waals surface area (Å²) in [4.78, 5) is 13.9. The van der Waals surface area contributed by atoms with Crippen LogP contribution in [0.4, 0.5) is 0 Å². The zero-order chi connectivity index (χ0) is 13.8. The molecule has 0 fully saturated rings. The average molecular weight is 249 g/mol. The number of carbonyl (C=O) groups is 1. The molecule has 0 radical (unpaired) electrons. The van der Waals surface area contributed by atoms with Gasteiger partial charge >= 0.3 is 0 Å². The van der Waals surface area contributed by atoms with Gasteiger partial charge in [-0.15, -0.1) is 0 Å². The third kappa shape index (κ3) is 4.88. The molecule has 0 aliphatic rings. The Bertz CT molecular complexity index is 379. The molecule has 1 amide bonds. The van der Waals surface area contributed by atoms with Gasteiger partial charge in [0.1, 0.15) is 0 Å². The van der Waals surface area contributed by atoms with Gasteiger partial charge in [-0.25, -0.2) is 0 Å². The molecule has 1 rings (SSSR count). The van der Waals surface area contributed by atoms with Gasteiger partial charge in [0.2, 0.25) is 5.91 Å². The van der Waals surface area contributed by atoms with Crippen molar-refractivity contribution in [1.82, 2.24) is 4.90 Å². The second kappa shape index (κ2) is 6.01. The van der Waals surface area contributed by atoms with E-state index >= 15 is 0 Å². The highest BCUT2D eigenvalue weighted by molar-refractivity contribution is 5.78. The lowest BCUT2D eigenvalue weighted by atomic mass is 10.1. The summed E-state index contributed by atoms with van der Waals surface area (Å²) in [6.45, 7) is 8.09.